The monoisotopic (exact) mass is 1010 g/mol. The lowest BCUT2D eigenvalue weighted by Crippen LogP contribution is -2.47. The molecule has 0 spiro atoms. The smallest absolute Gasteiger partial charge is 0.288 e. The van der Waals surface area contributed by atoms with Crippen LogP contribution in [-0.2, 0) is 39.2 Å². The minimum atomic E-state index is -4.85. The highest BCUT2D eigenvalue weighted by molar-refractivity contribution is 7.86. The van der Waals surface area contributed by atoms with E-state index in [9.17, 15) is 54.6 Å². The van der Waals surface area contributed by atoms with E-state index in [1.807, 2.05) is 0 Å². The summed E-state index contributed by atoms with van der Waals surface area (Å²) in [6.45, 7) is 3.81. The van der Waals surface area contributed by atoms with Gasteiger partial charge in [-0.05, 0) is 31.4 Å². The Kier molecular flexibility index (Phi) is 14.8. The van der Waals surface area contributed by atoms with Crippen molar-refractivity contribution in [2.45, 2.75) is 66.6 Å². The molecule has 2 aromatic carbocycles. The molecular formula is C40H51N6O17PS3. The van der Waals surface area contributed by atoms with Gasteiger partial charge in [0.2, 0.25) is 19.2 Å². The zero-order valence-electron chi connectivity index (χ0n) is 36.4. The highest BCUT2D eigenvalue weighted by atomic mass is 32.2. The molecule has 4 unspecified atom stereocenters. The Morgan fingerprint density at radius 3 is 1.79 bits per heavy atom. The number of nitrogens with zero attached hydrogens (tertiary/aromatic N) is 4. The van der Waals surface area contributed by atoms with Gasteiger partial charge in [0.1, 0.15) is 6.61 Å². The number of benzene rings is 2. The van der Waals surface area contributed by atoms with Gasteiger partial charge in [-0.3, -0.25) is 37.7 Å². The molecule has 5 N–H and O–H groups in total. The molecule has 5 aliphatic rings. The van der Waals surface area contributed by atoms with Gasteiger partial charge in [-0.2, -0.15) is 29.5 Å². The number of nitrogens with one attached hydrogen (secondary N) is 2. The van der Waals surface area contributed by atoms with E-state index in [1.165, 1.54) is 48.3 Å². The Morgan fingerprint density at radius 2 is 1.28 bits per heavy atom. The molecule has 0 bridgehead atoms. The molecule has 0 saturated carbocycles. The number of carbonyl (C=O) groups excluding carboxylic acids is 4. The molecule has 23 nitrogen and oxygen atoms in total. The first-order valence-corrected chi connectivity index (χ1v) is 26.6. The van der Waals surface area contributed by atoms with Crippen molar-refractivity contribution >= 4 is 80.9 Å². The number of anilines is 2. The summed E-state index contributed by atoms with van der Waals surface area (Å²) >= 11 is 4.07. The van der Waals surface area contributed by atoms with Crippen LogP contribution in [0, 0.1) is 0 Å². The first-order chi connectivity index (χ1) is 31.6. The zero-order chi connectivity index (χ0) is 48.6. The Hall–Kier alpha value is -5.11. The van der Waals surface area contributed by atoms with Gasteiger partial charge in [0, 0.05) is 56.8 Å². The van der Waals surface area contributed by atoms with Crippen LogP contribution >= 0.6 is 20.0 Å². The minimum absolute atomic E-state index is 0.00470. The topological polar surface area (TPSA) is 307 Å². The summed E-state index contributed by atoms with van der Waals surface area (Å²) in [5.41, 5.74) is 1.18. The molecule has 2 aromatic rings. The van der Waals surface area contributed by atoms with E-state index in [2.05, 4.69) is 35.0 Å². The average molecular weight is 1020 g/mol. The number of fused-ring (bicyclic) bond motifs is 4. The Balaban J connectivity index is 0.952. The standard InChI is InChI=1S/C40H51N6O17PS3/c1-22-13-28-36(66(53,54)55)41-26-17-32(30(59-2)15-24(26)38(48)45(28)20-22)61-8-5-9-62-33-18-27-25(16-31(33)60-3)39(49)46-21-23(14-29(46)37(42-27)67(56,57)58)43-63-10-6-12-64(51,52)11-4-7-44-35(47)19-34(65)40(44)50/h15-18,28-29,34,36-37,41-42,65H,1,4-14,19-21H2,2-3H3,(H,51,52)(H,53,54,55)(H,56,57,58)/b43-23-/t28-,29-,34?,36?,37?/m0/s1. The van der Waals surface area contributed by atoms with Crippen molar-refractivity contribution in [1.82, 2.24) is 14.7 Å². The van der Waals surface area contributed by atoms with Crippen molar-refractivity contribution in [3.63, 3.8) is 0 Å². The molecule has 67 heavy (non-hydrogen) atoms. The third kappa shape index (κ3) is 10.9. The molecular weight excluding hydrogens is 964 g/mol. The fourth-order valence-corrected chi connectivity index (χ4v) is 12.3. The van der Waals surface area contributed by atoms with Crippen LogP contribution in [0.1, 0.15) is 59.2 Å². The summed E-state index contributed by atoms with van der Waals surface area (Å²) in [5, 5.41) is 5.71. The maximum Gasteiger partial charge on any atom is 0.288 e. The third-order valence-corrected chi connectivity index (χ3v) is 16.4. The number of rotatable bonds is 19. The van der Waals surface area contributed by atoms with Crippen LogP contribution in [0.25, 0.3) is 0 Å². The molecule has 3 fully saturated rings. The van der Waals surface area contributed by atoms with Crippen LogP contribution in [-0.4, -0.2) is 169 Å². The van der Waals surface area contributed by atoms with Crippen LogP contribution in [0.3, 0.4) is 0 Å². The second-order valence-corrected chi connectivity index (χ2v) is 22.8. The molecule has 5 aliphatic heterocycles. The Bertz CT molecular complexity index is 2650. The molecule has 3 saturated heterocycles. The number of carbonyl (C=O) groups is 4. The summed E-state index contributed by atoms with van der Waals surface area (Å²) in [5.74, 6) is -1.30. The van der Waals surface area contributed by atoms with Crippen LogP contribution in [0.4, 0.5) is 11.4 Å². The first-order valence-electron chi connectivity index (χ1n) is 21.0. The van der Waals surface area contributed by atoms with E-state index in [1.54, 1.807) is 0 Å². The first kappa shape index (κ1) is 49.8. The van der Waals surface area contributed by atoms with Crippen molar-refractivity contribution < 1.29 is 78.4 Å². The molecule has 6 atom stereocenters. The van der Waals surface area contributed by atoms with Crippen molar-refractivity contribution in [2.75, 3.05) is 76.6 Å². The van der Waals surface area contributed by atoms with E-state index < -0.39 is 73.4 Å². The van der Waals surface area contributed by atoms with E-state index >= 15 is 0 Å². The molecule has 0 radical (unpaired) electrons. The highest BCUT2D eigenvalue weighted by Crippen LogP contribution is 2.43. The lowest BCUT2D eigenvalue weighted by molar-refractivity contribution is -0.138. The van der Waals surface area contributed by atoms with E-state index in [0.717, 1.165) is 4.90 Å². The zero-order valence-corrected chi connectivity index (χ0v) is 39.8. The number of oxime groups is 1. The lowest BCUT2D eigenvalue weighted by atomic mass is 10.1. The summed E-state index contributed by atoms with van der Waals surface area (Å²) in [7, 11) is -10.4. The van der Waals surface area contributed by atoms with Gasteiger partial charge in [-0.25, -0.2) is 0 Å². The molecule has 7 rings (SSSR count). The number of hydrogen-bond acceptors (Lipinski definition) is 18. The largest absolute Gasteiger partial charge is 0.493 e. The SMILES string of the molecule is C=C1C[C@H]2C(S(=O)(=O)O)Nc3cc(OCCCOc4cc5c(cc4OC)C(=O)N4C/C(=N\OCCCP(=O)(O)CCCN6C(=O)CC(S)C6=O)C[C@H]4C(S(=O)(=O)O)N5)c(OC)cc3C(=O)N2C1. The quantitative estimate of drug-likeness (QED) is 0.0224. The Labute approximate surface area is 391 Å². The number of ether oxygens (including phenoxy) is 4. The summed E-state index contributed by atoms with van der Waals surface area (Å²) in [6, 6.07) is 3.55. The predicted octanol–water partition coefficient (Wildman–Crippen LogP) is 2.30. The highest BCUT2D eigenvalue weighted by Gasteiger charge is 2.48. The van der Waals surface area contributed by atoms with Gasteiger partial charge in [0.05, 0.1) is 79.5 Å². The van der Waals surface area contributed by atoms with Crippen molar-refractivity contribution in [3.05, 3.63) is 47.5 Å². The molecule has 366 valence electrons. The van der Waals surface area contributed by atoms with Crippen molar-refractivity contribution in [2.24, 2.45) is 5.16 Å². The summed E-state index contributed by atoms with van der Waals surface area (Å²) in [4.78, 5) is 70.9. The summed E-state index contributed by atoms with van der Waals surface area (Å²) < 4.78 is 107. The van der Waals surface area contributed by atoms with Gasteiger partial charge in [-0.15, -0.1) is 0 Å². The molecule has 0 aromatic heterocycles. The number of hydrogen-bond donors (Lipinski definition) is 6. The molecule has 5 heterocycles. The number of likely N-dealkylation sites (tertiary alicyclic amines) is 1. The maximum atomic E-state index is 14.0. The maximum absolute atomic E-state index is 14.0. The molecule has 27 heteroatoms. The fourth-order valence-electron chi connectivity index (χ4n) is 8.65. The normalized spacial score (nSPS) is 24.2. The van der Waals surface area contributed by atoms with Gasteiger partial charge in [0.15, 0.2) is 33.7 Å². The van der Waals surface area contributed by atoms with Gasteiger partial charge in [-0.1, -0.05) is 17.3 Å². The lowest BCUT2D eigenvalue weighted by Gasteiger charge is -2.26. The fraction of sp³-hybridized carbons (Fsp3) is 0.525. The molecule has 0 aliphatic carbocycles. The number of thiol groups is 1. The number of imide groups is 1. The van der Waals surface area contributed by atoms with Crippen LogP contribution in [0.2, 0.25) is 0 Å². The van der Waals surface area contributed by atoms with Crippen LogP contribution in [0.15, 0.2) is 41.6 Å². The molecule has 4 amide bonds. The van der Waals surface area contributed by atoms with Gasteiger partial charge in [0.25, 0.3) is 32.1 Å². The van der Waals surface area contributed by atoms with E-state index in [0.29, 0.717) is 5.57 Å². The van der Waals surface area contributed by atoms with Crippen LogP contribution in [0.5, 0.6) is 23.0 Å². The average Bonchev–Trinajstić information content (AvgIpc) is 3.88. The van der Waals surface area contributed by atoms with E-state index in [-0.39, 0.29) is 147 Å². The summed E-state index contributed by atoms with van der Waals surface area (Å²) in [6.07, 6.45) is 0.331. The second kappa shape index (κ2) is 19.9. The minimum Gasteiger partial charge on any atom is -0.493 e. The van der Waals surface area contributed by atoms with Crippen LogP contribution < -0.4 is 29.6 Å². The predicted molar refractivity (Wildman–Crippen MR) is 244 cm³/mol. The third-order valence-electron chi connectivity index (χ3n) is 11.9. The van der Waals surface area contributed by atoms with Gasteiger partial charge >= 0.3 is 0 Å². The number of methoxy groups -OCH3 is 2. The van der Waals surface area contributed by atoms with Crippen molar-refractivity contribution in [1.29, 1.82) is 0 Å². The van der Waals surface area contributed by atoms with E-state index in [4.69, 9.17) is 23.8 Å². The van der Waals surface area contributed by atoms with Crippen molar-refractivity contribution in [3.8, 4) is 23.0 Å². The Morgan fingerprint density at radius 1 is 0.761 bits per heavy atom. The van der Waals surface area contributed by atoms with Gasteiger partial charge < -0.3 is 49.1 Å². The number of amides is 4. The second-order valence-electron chi connectivity index (χ2n) is 16.6.